The summed E-state index contributed by atoms with van der Waals surface area (Å²) in [6.07, 6.45) is 3.79. The maximum atomic E-state index is 14.1. The summed E-state index contributed by atoms with van der Waals surface area (Å²) in [5.41, 5.74) is 3.53. The third-order valence-corrected chi connectivity index (χ3v) is 6.98. The summed E-state index contributed by atoms with van der Waals surface area (Å²) in [4.78, 5) is 13.2. The van der Waals surface area contributed by atoms with Crippen LogP contribution in [0.25, 0.3) is 0 Å². The van der Waals surface area contributed by atoms with E-state index in [-0.39, 0.29) is 23.2 Å². The van der Waals surface area contributed by atoms with E-state index in [0.717, 1.165) is 41.6 Å². The summed E-state index contributed by atoms with van der Waals surface area (Å²) < 4.78 is 40.8. The number of aryl methyl sites for hydroxylation is 1. The van der Waals surface area contributed by atoms with Crippen LogP contribution in [0, 0.1) is 4.78 Å². The molecule has 2 unspecified atom stereocenters. The number of halogens is 1. The van der Waals surface area contributed by atoms with Gasteiger partial charge >= 0.3 is 0 Å². The number of carbonyl (C=O) groups is 1. The minimum absolute atomic E-state index is 0.0317. The molecule has 0 saturated carbocycles. The molecular formula is C19H22FN5O3S. The molecule has 0 bridgehead atoms. The molecular weight excluding hydrogens is 397 g/mol. The summed E-state index contributed by atoms with van der Waals surface area (Å²) in [6.45, 7) is 1.72. The zero-order chi connectivity index (χ0) is 20.6. The normalized spacial score (nSPS) is 26.4. The number of ether oxygens (including phenoxy) is 1. The van der Waals surface area contributed by atoms with Gasteiger partial charge in [0.15, 0.2) is 0 Å². The van der Waals surface area contributed by atoms with Crippen LogP contribution in [0.5, 0.6) is 5.88 Å². The predicted molar refractivity (Wildman–Crippen MR) is 104 cm³/mol. The number of nitrogens with one attached hydrogen (secondary N) is 2. The minimum atomic E-state index is -3.52. The first-order valence-corrected chi connectivity index (χ1v) is 11.2. The quantitative estimate of drug-likeness (QED) is 0.703. The molecule has 1 aliphatic heterocycles. The Labute approximate surface area is 167 Å². The van der Waals surface area contributed by atoms with Gasteiger partial charge in [0, 0.05) is 18.5 Å². The van der Waals surface area contributed by atoms with Crippen LogP contribution < -0.4 is 15.2 Å². The number of hydrogen-bond acceptors (Lipinski definition) is 5. The molecule has 2 aromatic rings. The summed E-state index contributed by atoms with van der Waals surface area (Å²) in [5.74, 6) is -0.301. The molecule has 1 aromatic carbocycles. The number of amides is 1. The van der Waals surface area contributed by atoms with E-state index in [1.807, 2.05) is 0 Å². The molecule has 3 atom stereocenters. The fourth-order valence-electron chi connectivity index (χ4n) is 4.63. The van der Waals surface area contributed by atoms with Crippen molar-refractivity contribution >= 4 is 21.5 Å². The molecule has 2 heterocycles. The summed E-state index contributed by atoms with van der Waals surface area (Å²) in [6, 6.07) is 2.09. The number of benzene rings is 1. The Kier molecular flexibility index (Phi) is 3.85. The van der Waals surface area contributed by atoms with E-state index in [1.165, 1.54) is 16.4 Å². The molecule has 2 aliphatic carbocycles. The maximum Gasteiger partial charge on any atom is 0.270 e. The number of aromatic nitrogens is 2. The number of anilines is 1. The van der Waals surface area contributed by atoms with Gasteiger partial charge in [0.05, 0.1) is 12.7 Å². The van der Waals surface area contributed by atoms with Crippen LogP contribution in [-0.4, -0.2) is 31.7 Å². The Balaban J connectivity index is 1.47. The molecule has 8 nitrogen and oxygen atoms in total. The van der Waals surface area contributed by atoms with Crippen molar-refractivity contribution in [2.24, 2.45) is 5.14 Å². The van der Waals surface area contributed by atoms with Crippen molar-refractivity contribution in [3.8, 4) is 5.88 Å². The first-order chi connectivity index (χ1) is 13.7. The van der Waals surface area contributed by atoms with Gasteiger partial charge in [-0.1, -0.05) is 6.07 Å². The van der Waals surface area contributed by atoms with E-state index in [9.17, 15) is 13.4 Å². The van der Waals surface area contributed by atoms with Crippen molar-refractivity contribution in [3.05, 3.63) is 34.5 Å². The first-order valence-electron chi connectivity index (χ1n) is 9.59. The zero-order valence-corrected chi connectivity index (χ0v) is 16.8. The fraction of sp³-hybridized carbons (Fsp3) is 0.474. The van der Waals surface area contributed by atoms with Gasteiger partial charge in [-0.25, -0.2) is 23.2 Å². The highest BCUT2D eigenvalue weighted by Crippen LogP contribution is 2.41. The van der Waals surface area contributed by atoms with Crippen molar-refractivity contribution in [1.29, 1.82) is 4.78 Å². The molecule has 0 fully saturated rings. The van der Waals surface area contributed by atoms with Crippen LogP contribution in [0.4, 0.5) is 10.1 Å². The maximum absolute atomic E-state index is 14.1. The number of carbonyl (C=O) groups excluding carboxylic acids is 1. The molecule has 0 radical (unpaired) electrons. The second kappa shape index (κ2) is 6.02. The van der Waals surface area contributed by atoms with E-state index in [1.54, 1.807) is 6.92 Å². The van der Waals surface area contributed by atoms with Gasteiger partial charge in [0.2, 0.25) is 11.5 Å². The smallest absolute Gasteiger partial charge is 0.270 e. The molecule has 1 amide bonds. The lowest BCUT2D eigenvalue weighted by molar-refractivity contribution is -0.129. The largest absolute Gasteiger partial charge is 0.458 e. The lowest BCUT2D eigenvalue weighted by Gasteiger charge is -2.24. The number of fused-ring (bicyclic) bond motifs is 3. The van der Waals surface area contributed by atoms with Crippen LogP contribution >= 0.6 is 0 Å². The zero-order valence-electron chi connectivity index (χ0n) is 16.0. The Morgan fingerprint density at radius 3 is 2.97 bits per heavy atom. The third kappa shape index (κ3) is 2.84. The van der Waals surface area contributed by atoms with Crippen molar-refractivity contribution in [2.45, 2.75) is 62.2 Å². The van der Waals surface area contributed by atoms with E-state index < -0.39 is 21.7 Å². The van der Waals surface area contributed by atoms with Crippen LogP contribution in [0.1, 0.15) is 35.6 Å². The van der Waals surface area contributed by atoms with Gasteiger partial charge in [-0.2, -0.15) is 5.10 Å². The lowest BCUT2D eigenvalue weighted by Crippen LogP contribution is -2.45. The highest BCUT2D eigenvalue weighted by Gasteiger charge is 2.45. The van der Waals surface area contributed by atoms with Gasteiger partial charge in [-0.3, -0.25) is 4.79 Å². The van der Waals surface area contributed by atoms with E-state index in [4.69, 9.17) is 14.7 Å². The lowest BCUT2D eigenvalue weighted by atomic mass is 9.97. The molecule has 0 spiro atoms. The van der Waals surface area contributed by atoms with Crippen LogP contribution in [-0.2, 0) is 46.9 Å². The average molecular weight is 419 g/mol. The van der Waals surface area contributed by atoms with Gasteiger partial charge in [0.1, 0.15) is 21.0 Å². The standard InChI is InChI=1S/C19H22FN5O3S/c1-19(9-25-17(28-19)15(8-23-25)29(21,22)27)18(26)24-16-13-4-2-3-10(13)5-11-6-12(20)7-14(11)16/h5,8,12H,2-4,6-7,9H2,1H3,(H,24,26)(H3,21,22,27)/t12-,19?/m0/s1. The minimum Gasteiger partial charge on any atom is -0.458 e. The van der Waals surface area contributed by atoms with Gasteiger partial charge in [0.25, 0.3) is 5.91 Å². The van der Waals surface area contributed by atoms with Crippen molar-refractivity contribution in [3.63, 3.8) is 0 Å². The Bertz CT molecular complexity index is 1160. The Morgan fingerprint density at radius 2 is 2.21 bits per heavy atom. The van der Waals surface area contributed by atoms with Crippen LogP contribution in [0.15, 0.2) is 17.2 Å². The number of hydrogen-bond donors (Lipinski definition) is 3. The highest BCUT2D eigenvalue weighted by atomic mass is 32.2. The molecule has 0 saturated heterocycles. The van der Waals surface area contributed by atoms with E-state index in [0.29, 0.717) is 12.8 Å². The van der Waals surface area contributed by atoms with Crippen molar-refractivity contribution < 1.29 is 18.1 Å². The molecule has 154 valence electrons. The SMILES string of the molecule is CC1(C(=O)Nc2c3c(cc4c2C[C@@H](F)C4)CCC3)Cn2ncc(S(=N)(N)=O)c2O1. The first kappa shape index (κ1) is 18.6. The number of alkyl halides is 1. The highest BCUT2D eigenvalue weighted by molar-refractivity contribution is 7.90. The van der Waals surface area contributed by atoms with Gasteiger partial charge in [-0.15, -0.1) is 0 Å². The number of rotatable bonds is 3. The van der Waals surface area contributed by atoms with E-state index in [2.05, 4.69) is 16.5 Å². The van der Waals surface area contributed by atoms with Crippen molar-refractivity contribution in [2.75, 3.05) is 5.32 Å². The summed E-state index contributed by atoms with van der Waals surface area (Å²) in [7, 11) is -3.52. The molecule has 1 aromatic heterocycles. The number of nitrogens with zero attached hydrogens (tertiary/aromatic N) is 2. The number of nitrogens with two attached hydrogens (primary N) is 1. The fourth-order valence-corrected chi connectivity index (χ4v) is 5.24. The second-order valence-electron chi connectivity index (χ2n) is 8.25. The molecule has 10 heteroatoms. The topological polar surface area (TPSA) is 123 Å². The molecule has 29 heavy (non-hydrogen) atoms. The predicted octanol–water partition coefficient (Wildman–Crippen LogP) is 1.88. The van der Waals surface area contributed by atoms with E-state index >= 15 is 0 Å². The van der Waals surface area contributed by atoms with Crippen molar-refractivity contribution in [1.82, 2.24) is 9.78 Å². The Hall–Kier alpha value is -2.46. The summed E-state index contributed by atoms with van der Waals surface area (Å²) >= 11 is 0. The second-order valence-corrected chi connectivity index (χ2v) is 9.89. The Morgan fingerprint density at radius 1 is 1.41 bits per heavy atom. The third-order valence-electron chi connectivity index (χ3n) is 6.05. The summed E-state index contributed by atoms with van der Waals surface area (Å²) in [5, 5.41) is 12.5. The van der Waals surface area contributed by atoms with Crippen LogP contribution in [0.3, 0.4) is 0 Å². The van der Waals surface area contributed by atoms with Gasteiger partial charge in [-0.05, 0) is 48.4 Å². The molecule has 4 N–H and O–H groups in total. The average Bonchev–Trinajstić information content (AvgIpc) is 3.35. The van der Waals surface area contributed by atoms with Crippen LogP contribution in [0.2, 0.25) is 0 Å². The monoisotopic (exact) mass is 419 g/mol. The molecule has 5 rings (SSSR count). The van der Waals surface area contributed by atoms with Gasteiger partial charge < -0.3 is 10.1 Å². The molecule has 3 aliphatic rings.